The van der Waals surface area contributed by atoms with E-state index in [4.69, 9.17) is 10.5 Å². The zero-order valence-electron chi connectivity index (χ0n) is 16.0. The van der Waals surface area contributed by atoms with Crippen molar-refractivity contribution in [2.45, 2.75) is 32.6 Å². The number of allylic oxidation sites excluding steroid dienone is 1. The average Bonchev–Trinajstić information content (AvgIpc) is 3.10. The Morgan fingerprint density at radius 3 is 2.54 bits per heavy atom. The van der Waals surface area contributed by atoms with Crippen LogP contribution >= 0.6 is 0 Å². The van der Waals surface area contributed by atoms with E-state index in [1.165, 1.54) is 21.5 Å². The van der Waals surface area contributed by atoms with Crippen LogP contribution in [-0.2, 0) is 6.42 Å². The highest BCUT2D eigenvalue weighted by Crippen LogP contribution is 2.41. The van der Waals surface area contributed by atoms with Crippen LogP contribution in [0.15, 0.2) is 30.3 Å². The lowest BCUT2D eigenvalue weighted by Crippen LogP contribution is -2.63. The van der Waals surface area contributed by atoms with Crippen LogP contribution in [-0.4, -0.2) is 28.2 Å². The second-order valence-corrected chi connectivity index (χ2v) is 23.4. The Hall–Kier alpha value is -2.12. The summed E-state index contributed by atoms with van der Waals surface area (Å²) >= 11 is 0. The molecule has 0 fully saturated rings. The average molecular weight is 379 g/mol. The summed E-state index contributed by atoms with van der Waals surface area (Å²) in [6.07, 6.45) is 5.25. The van der Waals surface area contributed by atoms with Crippen LogP contribution in [0.1, 0.15) is 21.5 Å². The van der Waals surface area contributed by atoms with Gasteiger partial charge < -0.3 is 4.74 Å². The maximum absolute atomic E-state index is 12.3. The molecule has 0 saturated carbocycles. The van der Waals surface area contributed by atoms with Crippen LogP contribution in [0.4, 0.5) is 0 Å². The van der Waals surface area contributed by atoms with Crippen molar-refractivity contribution in [1.82, 2.24) is 5.73 Å². The molecule has 0 spiro atoms. The number of hydrogen-bond donors (Lipinski definition) is 0. The van der Waals surface area contributed by atoms with Gasteiger partial charge in [-0.3, -0.25) is 10.5 Å². The molecule has 133 valence electrons. The highest BCUT2D eigenvalue weighted by Gasteiger charge is 2.55. The molecule has 2 bridgehead atoms. The van der Waals surface area contributed by atoms with Gasteiger partial charge in [0.1, 0.15) is 5.75 Å². The molecule has 1 radical (unpaired) electrons. The van der Waals surface area contributed by atoms with Crippen molar-refractivity contribution in [2.75, 3.05) is 7.11 Å². The molecule has 2 aromatic rings. The van der Waals surface area contributed by atoms with Crippen LogP contribution in [0.2, 0.25) is 26.2 Å². The smallest absolute Gasteiger partial charge is 0.270 e. The molecule has 4 rings (SSSR count). The Kier molecular flexibility index (Phi) is 3.62. The largest absolute Gasteiger partial charge is 0.497 e. The number of ether oxygens (including phenoxy) is 1. The number of rotatable bonds is 3. The molecule has 1 aliphatic heterocycles. The Morgan fingerprint density at radius 2 is 1.88 bits per heavy atom. The second-order valence-electron chi connectivity index (χ2n) is 8.32. The fourth-order valence-corrected chi connectivity index (χ4v) is 14.1. The van der Waals surface area contributed by atoms with E-state index in [9.17, 15) is 4.79 Å². The lowest BCUT2D eigenvalue weighted by molar-refractivity contribution is 0.0993. The molecular weight excluding hydrogens is 354 g/mol. The maximum atomic E-state index is 12.3. The van der Waals surface area contributed by atoms with Crippen LogP contribution in [0.25, 0.3) is 17.2 Å². The highest BCUT2D eigenvalue weighted by atomic mass is 29.3. The van der Waals surface area contributed by atoms with E-state index in [0.717, 1.165) is 23.3 Å². The Labute approximate surface area is 156 Å². The molecule has 5 heteroatoms. The van der Waals surface area contributed by atoms with Crippen molar-refractivity contribution < 1.29 is 9.53 Å². The van der Waals surface area contributed by atoms with Crippen LogP contribution in [0.3, 0.4) is 0 Å². The molecule has 0 aromatic heterocycles. The summed E-state index contributed by atoms with van der Waals surface area (Å²) in [5.74, 6) is 0.388. The minimum absolute atomic E-state index is 0.545. The molecule has 0 unspecified atom stereocenters. The molecule has 1 heterocycles. The number of fused-ring (bicyclic) bond motifs is 3. The van der Waals surface area contributed by atoms with Gasteiger partial charge in [0.25, 0.3) is 5.91 Å². The minimum Gasteiger partial charge on any atom is -0.497 e. The number of amides is 1. The van der Waals surface area contributed by atoms with Gasteiger partial charge in [-0.05, 0) is 45.1 Å². The van der Waals surface area contributed by atoms with E-state index in [-0.39, 0.29) is 0 Å². The summed E-state index contributed by atoms with van der Waals surface area (Å²) in [4.78, 5) is 12.3. The van der Waals surface area contributed by atoms with Gasteiger partial charge in [-0.15, -0.1) is 0 Å². The fraction of sp³-hybridized carbons (Fsp3) is 0.286. The monoisotopic (exact) mass is 378 g/mol. The summed E-state index contributed by atoms with van der Waals surface area (Å²) < 4.78 is 5.90. The zero-order chi connectivity index (χ0) is 18.9. The van der Waals surface area contributed by atoms with E-state index < -0.39 is 21.1 Å². The van der Waals surface area contributed by atoms with E-state index in [2.05, 4.69) is 56.5 Å². The predicted octanol–water partition coefficient (Wildman–Crippen LogP) is 3.28. The Morgan fingerprint density at radius 1 is 1.15 bits per heavy atom. The van der Waals surface area contributed by atoms with Crippen LogP contribution < -0.4 is 20.8 Å². The number of carbonyl (C=O) groups excluding carboxylic acids is 1. The predicted molar refractivity (Wildman–Crippen MR) is 113 cm³/mol. The third-order valence-electron chi connectivity index (χ3n) is 6.68. The van der Waals surface area contributed by atoms with Gasteiger partial charge >= 0.3 is 0 Å². The molecule has 2 aromatic carbocycles. The van der Waals surface area contributed by atoms with E-state index in [1.807, 2.05) is 6.07 Å². The summed E-state index contributed by atoms with van der Waals surface area (Å²) in [6, 6.07) is 8.30. The lowest BCUT2D eigenvalue weighted by Gasteiger charge is -2.32. The van der Waals surface area contributed by atoms with Crippen molar-refractivity contribution in [2.24, 2.45) is 0 Å². The zero-order valence-corrected chi connectivity index (χ0v) is 18.0. The van der Waals surface area contributed by atoms with Crippen LogP contribution in [0.5, 0.6) is 5.75 Å². The molecule has 1 N–H and O–H groups in total. The van der Waals surface area contributed by atoms with Crippen LogP contribution in [0, 0.1) is 0 Å². The normalized spacial score (nSPS) is 18.0. The number of nitrogens with one attached hydrogen (secondary N) is 1. The van der Waals surface area contributed by atoms with Gasteiger partial charge in [0.15, 0.2) is 0 Å². The molecule has 3 nitrogen and oxygen atoms in total. The molecule has 0 atom stereocenters. The van der Waals surface area contributed by atoms with Crippen molar-refractivity contribution in [3.63, 3.8) is 0 Å². The Balaban J connectivity index is 2.17. The number of carbonyl (C=O) groups is 1. The molecule has 1 aliphatic carbocycles. The molecular formula is C21H24NO2Si2. The first kappa shape index (κ1) is 17.3. The summed E-state index contributed by atoms with van der Waals surface area (Å²) in [5, 5.41) is 2.47. The van der Waals surface area contributed by atoms with Gasteiger partial charge in [-0.1, -0.05) is 56.5 Å². The highest BCUT2D eigenvalue weighted by molar-refractivity contribution is 7.52. The van der Waals surface area contributed by atoms with Crippen molar-refractivity contribution in [3.8, 4) is 16.9 Å². The topological polar surface area (TPSA) is 50.1 Å². The number of benzene rings is 2. The third-order valence-corrected chi connectivity index (χ3v) is 24.2. The standard InChI is InChI=1S/C21H24NO2Si2/c1-24-19-17-12-16(21(22)23)18(20(19)26(4,5)25(17,2)3)15-11-7-9-13-8-6-10-14(13)15/h6-7,9-12,22H,8H2,1-5H3. The summed E-state index contributed by atoms with van der Waals surface area (Å²) in [7, 11) is -1.86. The first-order valence-electron chi connectivity index (χ1n) is 9.02. The van der Waals surface area contributed by atoms with Gasteiger partial charge in [-0.25, -0.2) is 0 Å². The van der Waals surface area contributed by atoms with Crippen molar-refractivity contribution in [3.05, 3.63) is 47.0 Å². The van der Waals surface area contributed by atoms with E-state index >= 15 is 0 Å². The third kappa shape index (κ3) is 2.01. The van der Waals surface area contributed by atoms with Gasteiger partial charge in [-0.2, -0.15) is 0 Å². The number of methoxy groups -OCH3 is 1. The second kappa shape index (κ2) is 5.44. The first-order valence-corrected chi connectivity index (χ1v) is 16.0. The Bertz CT molecular complexity index is 990. The van der Waals surface area contributed by atoms with Crippen molar-refractivity contribution >= 4 is 37.5 Å². The molecule has 0 saturated heterocycles. The van der Waals surface area contributed by atoms with E-state index in [1.54, 1.807) is 7.11 Å². The number of hydrogen-bond acceptors (Lipinski definition) is 2. The lowest BCUT2D eigenvalue weighted by atomic mass is 9.93. The van der Waals surface area contributed by atoms with Gasteiger partial charge in [0.05, 0.1) is 22.3 Å². The quantitative estimate of drug-likeness (QED) is 0.770. The maximum Gasteiger partial charge on any atom is 0.270 e. The SMILES string of the molecule is COc1c2cc(C([NH])=O)c(-c3cccc4c3C=CC4)c1[Si](C)(C)[Si]2(C)C. The molecule has 1 amide bonds. The summed E-state index contributed by atoms with van der Waals surface area (Å²) in [5.41, 5.74) is 13.0. The van der Waals surface area contributed by atoms with Crippen molar-refractivity contribution in [1.29, 1.82) is 0 Å². The minimum atomic E-state index is -1.84. The van der Waals surface area contributed by atoms with Gasteiger partial charge in [0.2, 0.25) is 0 Å². The molecule has 26 heavy (non-hydrogen) atoms. The van der Waals surface area contributed by atoms with E-state index in [0.29, 0.717) is 5.56 Å². The summed E-state index contributed by atoms with van der Waals surface area (Å²) in [6.45, 7) is 9.60. The van der Waals surface area contributed by atoms with Gasteiger partial charge in [0, 0.05) is 5.56 Å². The molecule has 2 aliphatic rings. The fourth-order valence-electron chi connectivity index (χ4n) is 4.56. The first-order chi connectivity index (χ1) is 12.2.